The van der Waals surface area contributed by atoms with Crippen LogP contribution >= 0.6 is 0 Å². The van der Waals surface area contributed by atoms with E-state index in [0.717, 1.165) is 0 Å². The third-order valence-electron chi connectivity index (χ3n) is 1.89. The number of esters is 2. The van der Waals surface area contributed by atoms with Gasteiger partial charge in [-0.25, -0.2) is 9.59 Å². The van der Waals surface area contributed by atoms with Crippen molar-refractivity contribution in [2.24, 2.45) is 0 Å². The van der Waals surface area contributed by atoms with E-state index in [0.29, 0.717) is 11.1 Å². The predicted octanol–water partition coefficient (Wildman–Crippen LogP) is 1.96. The first kappa shape index (κ1) is 13.4. The summed E-state index contributed by atoms with van der Waals surface area (Å²) in [5.41, 5.74) is 0.961. The van der Waals surface area contributed by atoms with Gasteiger partial charge in [0.25, 0.3) is 0 Å². The Labute approximate surface area is 89.6 Å². The van der Waals surface area contributed by atoms with Gasteiger partial charge in [0.05, 0.1) is 0 Å². The number of allylic oxidation sites excluding steroid dienone is 2. The van der Waals surface area contributed by atoms with Gasteiger partial charge in [-0.2, -0.15) is 0 Å². The van der Waals surface area contributed by atoms with E-state index in [9.17, 15) is 9.59 Å². The Balaban J connectivity index is 3.91. The molecular formula is C11H16O4. The summed E-state index contributed by atoms with van der Waals surface area (Å²) in [7, 11) is 0. The van der Waals surface area contributed by atoms with E-state index >= 15 is 0 Å². The van der Waals surface area contributed by atoms with Crippen molar-refractivity contribution in [3.63, 3.8) is 0 Å². The molecular weight excluding hydrogens is 196 g/mol. The van der Waals surface area contributed by atoms with Gasteiger partial charge in [-0.3, -0.25) is 0 Å². The lowest BCUT2D eigenvalue weighted by atomic mass is 10.3. The average molecular weight is 212 g/mol. The molecule has 4 nitrogen and oxygen atoms in total. The Morgan fingerprint density at radius 1 is 0.933 bits per heavy atom. The van der Waals surface area contributed by atoms with Crippen LogP contribution in [0.25, 0.3) is 0 Å². The van der Waals surface area contributed by atoms with Gasteiger partial charge < -0.3 is 9.47 Å². The lowest BCUT2D eigenvalue weighted by molar-refractivity contribution is -0.161. The van der Waals surface area contributed by atoms with Crippen molar-refractivity contribution in [3.8, 4) is 0 Å². The summed E-state index contributed by atoms with van der Waals surface area (Å²) < 4.78 is 9.37. The molecule has 84 valence electrons. The van der Waals surface area contributed by atoms with Crippen LogP contribution in [0.3, 0.4) is 0 Å². The van der Waals surface area contributed by atoms with Gasteiger partial charge in [0.15, 0.2) is 0 Å². The van der Waals surface area contributed by atoms with Gasteiger partial charge in [-0.15, -0.1) is 0 Å². The van der Waals surface area contributed by atoms with Crippen LogP contribution in [0.5, 0.6) is 0 Å². The minimum atomic E-state index is -0.483. The summed E-state index contributed by atoms with van der Waals surface area (Å²) in [6.07, 6.45) is 3.25. The number of carbonyl (C=O) groups excluding carboxylic acids is 2. The fourth-order valence-electron chi connectivity index (χ4n) is 0.600. The quantitative estimate of drug-likeness (QED) is 0.406. The normalized spacial score (nSPS) is 12.3. The molecule has 0 aliphatic rings. The zero-order valence-corrected chi connectivity index (χ0v) is 9.49. The van der Waals surface area contributed by atoms with Crippen LogP contribution in [-0.4, -0.2) is 18.7 Å². The Bertz CT molecular complexity index is 270. The third kappa shape index (κ3) is 5.00. The molecule has 0 unspecified atom stereocenters. The number of hydrogen-bond donors (Lipinski definition) is 0. The van der Waals surface area contributed by atoms with Crippen LogP contribution in [-0.2, 0) is 19.1 Å². The predicted molar refractivity (Wildman–Crippen MR) is 55.9 cm³/mol. The molecule has 0 saturated heterocycles. The van der Waals surface area contributed by atoms with E-state index in [4.69, 9.17) is 0 Å². The molecule has 0 fully saturated rings. The highest BCUT2D eigenvalue weighted by Crippen LogP contribution is 1.99. The molecule has 0 atom stereocenters. The molecule has 0 aromatic heterocycles. The average Bonchev–Trinajstić information content (AvgIpc) is 2.26. The zero-order valence-electron chi connectivity index (χ0n) is 9.49. The fourth-order valence-corrected chi connectivity index (χ4v) is 0.600. The molecule has 0 aliphatic heterocycles. The van der Waals surface area contributed by atoms with Crippen LogP contribution < -0.4 is 0 Å². The molecule has 0 radical (unpaired) electrons. The second-order valence-electron chi connectivity index (χ2n) is 2.92. The third-order valence-corrected chi connectivity index (χ3v) is 1.89. The molecule has 0 heterocycles. The van der Waals surface area contributed by atoms with Crippen molar-refractivity contribution < 1.29 is 19.1 Å². The van der Waals surface area contributed by atoms with Crippen LogP contribution in [0.1, 0.15) is 27.7 Å². The van der Waals surface area contributed by atoms with Crippen molar-refractivity contribution in [2.75, 3.05) is 6.79 Å². The summed E-state index contributed by atoms with van der Waals surface area (Å²) in [5.74, 6) is -0.966. The van der Waals surface area contributed by atoms with E-state index in [2.05, 4.69) is 9.47 Å². The first-order valence-corrected chi connectivity index (χ1v) is 4.63. The standard InChI is InChI=1S/C11H16O4/c1-5-8(3)10(12)14-7-15-11(13)9(4)6-2/h5-6H,7H2,1-4H3/b8-5+,9-6+. The van der Waals surface area contributed by atoms with Gasteiger partial charge in [-0.1, -0.05) is 12.2 Å². The van der Waals surface area contributed by atoms with Crippen molar-refractivity contribution >= 4 is 11.9 Å². The molecule has 0 aromatic rings. The molecule has 0 aliphatic carbocycles. The monoisotopic (exact) mass is 212 g/mol. The van der Waals surface area contributed by atoms with E-state index in [1.54, 1.807) is 39.8 Å². The molecule has 0 amide bonds. The van der Waals surface area contributed by atoms with Crippen LogP contribution in [0, 0.1) is 0 Å². The molecule has 0 saturated carbocycles. The minimum absolute atomic E-state index is 0.353. The summed E-state index contributed by atoms with van der Waals surface area (Å²) in [6.45, 7) is 6.36. The first-order valence-electron chi connectivity index (χ1n) is 4.63. The maximum atomic E-state index is 11.1. The maximum absolute atomic E-state index is 11.1. The lowest BCUT2D eigenvalue weighted by Gasteiger charge is -2.05. The molecule has 4 heteroatoms. The second-order valence-corrected chi connectivity index (χ2v) is 2.92. The molecule has 0 N–H and O–H groups in total. The summed E-state index contributed by atoms with van der Waals surface area (Å²) in [4.78, 5) is 22.2. The lowest BCUT2D eigenvalue weighted by Crippen LogP contribution is -2.13. The Hall–Kier alpha value is -1.58. The van der Waals surface area contributed by atoms with E-state index in [1.807, 2.05) is 0 Å². The van der Waals surface area contributed by atoms with Crippen LogP contribution in [0.15, 0.2) is 23.3 Å². The van der Waals surface area contributed by atoms with Gasteiger partial charge >= 0.3 is 11.9 Å². The fraction of sp³-hybridized carbons (Fsp3) is 0.455. The number of rotatable bonds is 4. The van der Waals surface area contributed by atoms with E-state index < -0.39 is 11.9 Å². The highest BCUT2D eigenvalue weighted by Gasteiger charge is 2.07. The summed E-state index contributed by atoms with van der Waals surface area (Å²) >= 11 is 0. The van der Waals surface area contributed by atoms with Crippen molar-refractivity contribution in [1.29, 1.82) is 0 Å². The van der Waals surface area contributed by atoms with Crippen LogP contribution in [0.2, 0.25) is 0 Å². The zero-order chi connectivity index (χ0) is 11.8. The van der Waals surface area contributed by atoms with Gasteiger partial charge in [0.1, 0.15) is 0 Å². The largest absolute Gasteiger partial charge is 0.424 e. The van der Waals surface area contributed by atoms with Crippen molar-refractivity contribution in [3.05, 3.63) is 23.3 Å². The first-order chi connectivity index (χ1) is 7.02. The highest BCUT2D eigenvalue weighted by atomic mass is 16.7. The molecule has 0 rings (SSSR count). The molecule has 0 bridgehead atoms. The van der Waals surface area contributed by atoms with Crippen LogP contribution in [0.4, 0.5) is 0 Å². The number of hydrogen-bond acceptors (Lipinski definition) is 4. The highest BCUT2D eigenvalue weighted by molar-refractivity contribution is 5.88. The SMILES string of the molecule is C/C=C(\C)C(=O)OCOC(=O)/C(C)=C/C. The molecule has 0 aromatic carbocycles. The Morgan fingerprint density at radius 3 is 1.53 bits per heavy atom. The second kappa shape index (κ2) is 6.81. The van der Waals surface area contributed by atoms with Crippen molar-refractivity contribution in [2.45, 2.75) is 27.7 Å². The van der Waals surface area contributed by atoms with E-state index in [-0.39, 0.29) is 6.79 Å². The summed E-state index contributed by atoms with van der Waals surface area (Å²) in [6, 6.07) is 0. The smallest absolute Gasteiger partial charge is 0.336 e. The van der Waals surface area contributed by atoms with Gasteiger partial charge in [0.2, 0.25) is 6.79 Å². The minimum Gasteiger partial charge on any atom is -0.424 e. The number of ether oxygens (including phenoxy) is 2. The topological polar surface area (TPSA) is 52.6 Å². The maximum Gasteiger partial charge on any atom is 0.336 e. The van der Waals surface area contributed by atoms with Gasteiger partial charge in [0, 0.05) is 11.1 Å². The summed E-state index contributed by atoms with van der Waals surface area (Å²) in [5, 5.41) is 0. The van der Waals surface area contributed by atoms with E-state index in [1.165, 1.54) is 0 Å². The van der Waals surface area contributed by atoms with Crippen molar-refractivity contribution in [1.82, 2.24) is 0 Å². The Kier molecular flexibility index (Phi) is 6.09. The number of carbonyl (C=O) groups is 2. The van der Waals surface area contributed by atoms with Gasteiger partial charge in [-0.05, 0) is 27.7 Å². The Morgan fingerprint density at radius 2 is 1.27 bits per heavy atom. The molecule has 0 spiro atoms. The molecule has 15 heavy (non-hydrogen) atoms.